The fraction of sp³-hybridized carbons (Fsp3) is 0.368. The molecule has 5 heteroatoms. The first-order chi connectivity index (χ1) is 11.7. The Labute approximate surface area is 142 Å². The lowest BCUT2D eigenvalue weighted by molar-refractivity contribution is -0.121. The molecule has 1 saturated heterocycles. The number of anilines is 1. The second-order valence-corrected chi connectivity index (χ2v) is 6.15. The summed E-state index contributed by atoms with van der Waals surface area (Å²) in [7, 11) is 0. The summed E-state index contributed by atoms with van der Waals surface area (Å²) in [4.78, 5) is 18.7. The molecule has 5 nitrogen and oxygen atoms in total. The van der Waals surface area contributed by atoms with Gasteiger partial charge in [-0.3, -0.25) is 14.7 Å². The van der Waals surface area contributed by atoms with E-state index in [0.717, 1.165) is 31.0 Å². The Bertz CT molecular complexity index is 675. The third kappa shape index (κ3) is 4.88. The van der Waals surface area contributed by atoms with Crippen LogP contribution in [0, 0.1) is 6.92 Å². The summed E-state index contributed by atoms with van der Waals surface area (Å²) in [6.45, 7) is 5.14. The van der Waals surface area contributed by atoms with Gasteiger partial charge in [0.2, 0.25) is 5.91 Å². The number of hydrogen-bond acceptors (Lipinski definition) is 4. The van der Waals surface area contributed by atoms with E-state index in [1.165, 1.54) is 5.56 Å². The number of morpholine rings is 1. The van der Waals surface area contributed by atoms with Crippen LogP contribution < -0.4 is 5.32 Å². The predicted molar refractivity (Wildman–Crippen MR) is 93.7 cm³/mol. The van der Waals surface area contributed by atoms with Gasteiger partial charge in [0.25, 0.3) is 0 Å². The van der Waals surface area contributed by atoms with Crippen LogP contribution in [0.3, 0.4) is 0 Å². The van der Waals surface area contributed by atoms with Crippen molar-refractivity contribution in [3.63, 3.8) is 0 Å². The standard InChI is InChI=1S/C19H23N3O2/c1-15-11-17(7-8-20-15)21-19(23)12-18-14-22(9-10-24-18)13-16-5-3-2-4-6-16/h2-8,11,18H,9-10,12-14H2,1H3,(H,20,21,23)/t18-/m1/s1. The van der Waals surface area contributed by atoms with Gasteiger partial charge in [-0.2, -0.15) is 0 Å². The average Bonchev–Trinajstić information content (AvgIpc) is 2.56. The molecule has 1 amide bonds. The second-order valence-electron chi connectivity index (χ2n) is 6.15. The Morgan fingerprint density at radius 3 is 2.96 bits per heavy atom. The Hall–Kier alpha value is -2.24. The summed E-state index contributed by atoms with van der Waals surface area (Å²) < 4.78 is 5.76. The molecule has 1 N–H and O–H groups in total. The maximum absolute atomic E-state index is 12.2. The van der Waals surface area contributed by atoms with Crippen LogP contribution in [0.15, 0.2) is 48.7 Å². The highest BCUT2D eigenvalue weighted by Crippen LogP contribution is 2.14. The first kappa shape index (κ1) is 16.6. The van der Waals surface area contributed by atoms with Crippen LogP contribution >= 0.6 is 0 Å². The predicted octanol–water partition coefficient (Wildman–Crippen LogP) is 2.62. The molecular formula is C19H23N3O2. The number of carbonyl (C=O) groups excluding carboxylic acids is 1. The van der Waals surface area contributed by atoms with Crippen LogP contribution in [0.4, 0.5) is 5.69 Å². The number of amides is 1. The molecule has 1 aromatic heterocycles. The molecule has 3 rings (SSSR count). The molecule has 126 valence electrons. The number of nitrogens with zero attached hydrogens (tertiary/aromatic N) is 2. The van der Waals surface area contributed by atoms with Crippen LogP contribution in [0.25, 0.3) is 0 Å². The van der Waals surface area contributed by atoms with E-state index >= 15 is 0 Å². The topological polar surface area (TPSA) is 54.5 Å². The zero-order chi connectivity index (χ0) is 16.8. The van der Waals surface area contributed by atoms with Crippen LogP contribution in [0.2, 0.25) is 0 Å². The van der Waals surface area contributed by atoms with Gasteiger partial charge >= 0.3 is 0 Å². The largest absolute Gasteiger partial charge is 0.375 e. The number of benzene rings is 1. The first-order valence-corrected chi connectivity index (χ1v) is 8.29. The lowest BCUT2D eigenvalue weighted by Gasteiger charge is -2.32. The van der Waals surface area contributed by atoms with Crippen molar-refractivity contribution in [1.29, 1.82) is 0 Å². The number of hydrogen-bond donors (Lipinski definition) is 1. The monoisotopic (exact) mass is 325 g/mol. The van der Waals surface area contributed by atoms with Gasteiger partial charge in [0.05, 0.1) is 19.1 Å². The third-order valence-corrected chi connectivity index (χ3v) is 4.07. The van der Waals surface area contributed by atoms with Gasteiger partial charge in [-0.15, -0.1) is 0 Å². The van der Waals surface area contributed by atoms with E-state index in [1.807, 2.05) is 19.1 Å². The Morgan fingerprint density at radius 2 is 2.17 bits per heavy atom. The zero-order valence-electron chi connectivity index (χ0n) is 13.9. The van der Waals surface area contributed by atoms with Crippen molar-refractivity contribution in [2.75, 3.05) is 25.0 Å². The summed E-state index contributed by atoms with van der Waals surface area (Å²) in [6.07, 6.45) is 2.00. The SMILES string of the molecule is Cc1cc(NC(=O)C[C@@H]2CN(Cc3ccccc3)CCO2)ccn1. The number of aromatic nitrogens is 1. The van der Waals surface area contributed by atoms with Gasteiger partial charge in [0.15, 0.2) is 0 Å². The molecule has 2 heterocycles. The Morgan fingerprint density at radius 1 is 1.33 bits per heavy atom. The molecule has 0 spiro atoms. The van der Waals surface area contributed by atoms with E-state index in [-0.39, 0.29) is 12.0 Å². The normalized spacial score (nSPS) is 18.3. The summed E-state index contributed by atoms with van der Waals surface area (Å²) in [5.41, 5.74) is 2.95. The minimum atomic E-state index is -0.0644. The fourth-order valence-electron chi connectivity index (χ4n) is 2.93. The number of carbonyl (C=O) groups is 1. The average molecular weight is 325 g/mol. The van der Waals surface area contributed by atoms with Crippen LogP contribution in [0.5, 0.6) is 0 Å². The number of aryl methyl sites for hydroxylation is 1. The van der Waals surface area contributed by atoms with Crippen molar-refractivity contribution in [1.82, 2.24) is 9.88 Å². The molecular weight excluding hydrogens is 302 g/mol. The highest BCUT2D eigenvalue weighted by atomic mass is 16.5. The summed E-state index contributed by atoms with van der Waals surface area (Å²) >= 11 is 0. The fourth-order valence-corrected chi connectivity index (χ4v) is 2.93. The summed E-state index contributed by atoms with van der Waals surface area (Å²) in [5, 5.41) is 2.92. The number of rotatable bonds is 5. The van der Waals surface area contributed by atoms with Crippen LogP contribution in [-0.2, 0) is 16.1 Å². The van der Waals surface area contributed by atoms with Crippen molar-refractivity contribution < 1.29 is 9.53 Å². The van der Waals surface area contributed by atoms with Gasteiger partial charge in [-0.05, 0) is 24.6 Å². The van der Waals surface area contributed by atoms with Gasteiger partial charge in [-0.1, -0.05) is 30.3 Å². The van der Waals surface area contributed by atoms with Crippen molar-refractivity contribution in [3.8, 4) is 0 Å². The number of nitrogens with one attached hydrogen (secondary N) is 1. The molecule has 1 atom stereocenters. The molecule has 1 aliphatic rings. The maximum Gasteiger partial charge on any atom is 0.227 e. The molecule has 0 saturated carbocycles. The van der Waals surface area contributed by atoms with Gasteiger partial charge in [0.1, 0.15) is 0 Å². The van der Waals surface area contributed by atoms with E-state index in [1.54, 1.807) is 12.3 Å². The number of ether oxygens (including phenoxy) is 1. The van der Waals surface area contributed by atoms with Crippen molar-refractivity contribution >= 4 is 11.6 Å². The minimum Gasteiger partial charge on any atom is -0.375 e. The van der Waals surface area contributed by atoms with Crippen LogP contribution in [0.1, 0.15) is 17.7 Å². The van der Waals surface area contributed by atoms with Crippen LogP contribution in [-0.4, -0.2) is 41.6 Å². The van der Waals surface area contributed by atoms with Gasteiger partial charge < -0.3 is 10.1 Å². The smallest absolute Gasteiger partial charge is 0.227 e. The molecule has 0 aliphatic carbocycles. The Balaban J connectivity index is 1.50. The lowest BCUT2D eigenvalue weighted by atomic mass is 10.1. The molecule has 2 aromatic rings. The summed E-state index contributed by atoms with van der Waals surface area (Å²) in [6, 6.07) is 14.0. The molecule has 1 fully saturated rings. The zero-order valence-corrected chi connectivity index (χ0v) is 13.9. The summed E-state index contributed by atoms with van der Waals surface area (Å²) in [5.74, 6) is -0.0211. The Kier molecular flexibility index (Phi) is 5.56. The quantitative estimate of drug-likeness (QED) is 0.918. The second kappa shape index (κ2) is 8.04. The molecule has 1 aromatic carbocycles. The third-order valence-electron chi connectivity index (χ3n) is 4.07. The number of pyridine rings is 1. The molecule has 0 radical (unpaired) electrons. The van der Waals surface area contributed by atoms with Crippen molar-refractivity contribution in [3.05, 3.63) is 59.9 Å². The van der Waals surface area contributed by atoms with Crippen molar-refractivity contribution in [2.45, 2.75) is 26.0 Å². The molecule has 0 unspecified atom stereocenters. The maximum atomic E-state index is 12.2. The first-order valence-electron chi connectivity index (χ1n) is 8.29. The van der Waals surface area contributed by atoms with Crippen molar-refractivity contribution in [2.24, 2.45) is 0 Å². The minimum absolute atomic E-state index is 0.0211. The highest BCUT2D eigenvalue weighted by Gasteiger charge is 2.23. The van der Waals surface area contributed by atoms with E-state index in [2.05, 4.69) is 39.5 Å². The molecule has 24 heavy (non-hydrogen) atoms. The van der Waals surface area contributed by atoms with E-state index < -0.39 is 0 Å². The van der Waals surface area contributed by atoms with E-state index in [0.29, 0.717) is 13.0 Å². The molecule has 1 aliphatic heterocycles. The van der Waals surface area contributed by atoms with Gasteiger partial charge in [-0.25, -0.2) is 0 Å². The highest BCUT2D eigenvalue weighted by molar-refractivity contribution is 5.91. The van der Waals surface area contributed by atoms with E-state index in [4.69, 9.17) is 4.74 Å². The van der Waals surface area contributed by atoms with E-state index in [9.17, 15) is 4.79 Å². The lowest BCUT2D eigenvalue weighted by Crippen LogP contribution is -2.43. The molecule has 0 bridgehead atoms. The van der Waals surface area contributed by atoms with Gasteiger partial charge in [0, 0.05) is 37.2 Å².